The molecule has 142 valence electrons. The van der Waals surface area contributed by atoms with E-state index in [0.29, 0.717) is 25.5 Å². The van der Waals surface area contributed by atoms with Gasteiger partial charge in [0.2, 0.25) is 5.88 Å². The van der Waals surface area contributed by atoms with Gasteiger partial charge in [0.15, 0.2) is 0 Å². The van der Waals surface area contributed by atoms with Crippen molar-refractivity contribution in [2.75, 3.05) is 33.3 Å². The maximum absolute atomic E-state index is 13.1. The molecule has 27 heavy (non-hydrogen) atoms. The number of hydrogen-bond acceptors (Lipinski definition) is 4. The van der Waals surface area contributed by atoms with E-state index >= 15 is 0 Å². The molecular formula is C20H23FN4O2. The third-order valence-electron chi connectivity index (χ3n) is 5.18. The predicted octanol–water partition coefficient (Wildman–Crippen LogP) is 2.35. The van der Waals surface area contributed by atoms with Crippen LogP contribution in [0.25, 0.3) is 0 Å². The van der Waals surface area contributed by atoms with Gasteiger partial charge in [-0.1, -0.05) is 18.2 Å². The number of urea groups is 1. The van der Waals surface area contributed by atoms with Crippen molar-refractivity contribution in [2.45, 2.75) is 19.1 Å². The first-order chi connectivity index (χ1) is 13.1. The molecule has 0 radical (unpaired) electrons. The van der Waals surface area contributed by atoms with E-state index in [4.69, 9.17) is 4.74 Å². The molecule has 1 atom stereocenters. The standard InChI is InChI=1S/C20H23FN4O2/c1-27-19-4-2-3-17(22-19)12-23-9-10-25-18(13-23)14-24(20(25)26)11-15-5-7-16(21)8-6-15/h2-8,18H,9-14H2,1H3/t18-/m1/s1. The summed E-state index contributed by atoms with van der Waals surface area (Å²) in [6.07, 6.45) is 0. The van der Waals surface area contributed by atoms with Crippen molar-refractivity contribution in [2.24, 2.45) is 0 Å². The van der Waals surface area contributed by atoms with E-state index in [1.165, 1.54) is 12.1 Å². The highest BCUT2D eigenvalue weighted by molar-refractivity contribution is 5.77. The fourth-order valence-electron chi connectivity index (χ4n) is 3.82. The second-order valence-electron chi connectivity index (χ2n) is 7.04. The molecule has 2 aromatic rings. The van der Waals surface area contributed by atoms with Crippen LogP contribution in [0.1, 0.15) is 11.3 Å². The number of fused-ring (bicyclic) bond motifs is 1. The molecule has 7 heteroatoms. The van der Waals surface area contributed by atoms with Crippen molar-refractivity contribution in [3.05, 3.63) is 59.5 Å². The molecule has 2 saturated heterocycles. The van der Waals surface area contributed by atoms with E-state index in [0.717, 1.165) is 30.9 Å². The maximum atomic E-state index is 13.1. The largest absolute Gasteiger partial charge is 0.481 e. The Bertz CT molecular complexity index is 814. The molecule has 0 bridgehead atoms. The molecule has 1 aromatic heterocycles. The van der Waals surface area contributed by atoms with Gasteiger partial charge in [0.25, 0.3) is 0 Å². The van der Waals surface area contributed by atoms with Gasteiger partial charge in [0.1, 0.15) is 5.82 Å². The number of carbonyl (C=O) groups is 1. The number of piperazine rings is 1. The molecule has 2 aliphatic rings. The molecule has 0 unspecified atom stereocenters. The normalized spacial score (nSPS) is 20.1. The number of aromatic nitrogens is 1. The lowest BCUT2D eigenvalue weighted by molar-refractivity contribution is 0.115. The highest BCUT2D eigenvalue weighted by Crippen LogP contribution is 2.23. The van der Waals surface area contributed by atoms with E-state index < -0.39 is 0 Å². The Morgan fingerprint density at radius 1 is 1.11 bits per heavy atom. The van der Waals surface area contributed by atoms with Gasteiger partial charge in [-0.3, -0.25) is 4.90 Å². The van der Waals surface area contributed by atoms with Gasteiger partial charge >= 0.3 is 6.03 Å². The average Bonchev–Trinajstić information content (AvgIpc) is 2.99. The number of nitrogens with zero attached hydrogens (tertiary/aromatic N) is 4. The lowest BCUT2D eigenvalue weighted by Gasteiger charge is -2.36. The second-order valence-corrected chi connectivity index (χ2v) is 7.04. The van der Waals surface area contributed by atoms with Crippen LogP contribution in [0.3, 0.4) is 0 Å². The summed E-state index contributed by atoms with van der Waals surface area (Å²) in [4.78, 5) is 23.3. The zero-order chi connectivity index (χ0) is 18.8. The van der Waals surface area contributed by atoms with Gasteiger partial charge < -0.3 is 14.5 Å². The molecule has 0 saturated carbocycles. The molecular weight excluding hydrogens is 347 g/mol. The molecule has 0 N–H and O–H groups in total. The minimum atomic E-state index is -0.259. The molecule has 3 heterocycles. The van der Waals surface area contributed by atoms with Gasteiger partial charge in [0, 0.05) is 45.3 Å². The van der Waals surface area contributed by atoms with Gasteiger partial charge in [0.05, 0.1) is 18.8 Å². The van der Waals surface area contributed by atoms with Crippen LogP contribution in [-0.2, 0) is 13.1 Å². The fourth-order valence-corrected chi connectivity index (χ4v) is 3.82. The van der Waals surface area contributed by atoms with E-state index in [2.05, 4.69) is 9.88 Å². The summed E-state index contributed by atoms with van der Waals surface area (Å²) in [5, 5.41) is 0. The number of hydrogen-bond donors (Lipinski definition) is 0. The van der Waals surface area contributed by atoms with Crippen LogP contribution in [0.2, 0.25) is 0 Å². The highest BCUT2D eigenvalue weighted by atomic mass is 19.1. The zero-order valence-corrected chi connectivity index (χ0v) is 15.3. The Morgan fingerprint density at radius 2 is 1.93 bits per heavy atom. The molecule has 2 amide bonds. The van der Waals surface area contributed by atoms with Crippen LogP contribution >= 0.6 is 0 Å². The third-order valence-corrected chi connectivity index (χ3v) is 5.18. The average molecular weight is 370 g/mol. The Hall–Kier alpha value is -2.67. The van der Waals surface area contributed by atoms with E-state index in [1.54, 1.807) is 19.2 Å². The van der Waals surface area contributed by atoms with Crippen LogP contribution < -0.4 is 4.74 Å². The molecule has 4 rings (SSSR count). The Labute approximate surface area is 158 Å². The van der Waals surface area contributed by atoms with Gasteiger partial charge in [-0.2, -0.15) is 0 Å². The van der Waals surface area contributed by atoms with Crippen LogP contribution in [-0.4, -0.2) is 65.0 Å². The van der Waals surface area contributed by atoms with Gasteiger partial charge in [-0.05, 0) is 23.8 Å². The van der Waals surface area contributed by atoms with Crippen LogP contribution in [0.4, 0.5) is 9.18 Å². The molecule has 0 aliphatic carbocycles. The van der Waals surface area contributed by atoms with Crippen LogP contribution in [0.15, 0.2) is 42.5 Å². The third kappa shape index (κ3) is 3.88. The molecule has 6 nitrogen and oxygen atoms in total. The van der Waals surface area contributed by atoms with E-state index in [1.807, 2.05) is 28.0 Å². The monoisotopic (exact) mass is 370 g/mol. The smallest absolute Gasteiger partial charge is 0.320 e. The summed E-state index contributed by atoms with van der Waals surface area (Å²) in [5.74, 6) is 0.360. The van der Waals surface area contributed by atoms with Crippen LogP contribution in [0.5, 0.6) is 5.88 Å². The first kappa shape index (κ1) is 17.7. The maximum Gasteiger partial charge on any atom is 0.320 e. The topological polar surface area (TPSA) is 48.9 Å². The number of methoxy groups -OCH3 is 1. The van der Waals surface area contributed by atoms with E-state index in [9.17, 15) is 9.18 Å². The Morgan fingerprint density at radius 3 is 2.70 bits per heavy atom. The SMILES string of the molecule is COc1cccc(CN2CCN3C(=O)N(Cc4ccc(F)cc4)C[C@H]3C2)n1. The molecule has 2 fully saturated rings. The van der Waals surface area contributed by atoms with E-state index in [-0.39, 0.29) is 17.9 Å². The predicted molar refractivity (Wildman–Crippen MR) is 98.8 cm³/mol. The Kier molecular flexibility index (Phi) is 4.94. The minimum absolute atomic E-state index is 0.0727. The van der Waals surface area contributed by atoms with Gasteiger partial charge in [-0.25, -0.2) is 14.2 Å². The van der Waals surface area contributed by atoms with Crippen molar-refractivity contribution in [1.29, 1.82) is 0 Å². The molecule has 0 spiro atoms. The summed E-state index contributed by atoms with van der Waals surface area (Å²) in [7, 11) is 1.62. The number of pyridine rings is 1. The Balaban J connectivity index is 1.38. The van der Waals surface area contributed by atoms with Crippen molar-refractivity contribution in [3.63, 3.8) is 0 Å². The lowest BCUT2D eigenvalue weighted by atomic mass is 10.1. The first-order valence-electron chi connectivity index (χ1n) is 9.14. The molecule has 2 aliphatic heterocycles. The van der Waals surface area contributed by atoms with Crippen molar-refractivity contribution < 1.29 is 13.9 Å². The number of carbonyl (C=O) groups excluding carboxylic acids is 1. The number of ether oxygens (including phenoxy) is 1. The zero-order valence-electron chi connectivity index (χ0n) is 15.3. The second kappa shape index (κ2) is 7.52. The van der Waals surface area contributed by atoms with Crippen molar-refractivity contribution in [1.82, 2.24) is 19.7 Å². The van der Waals surface area contributed by atoms with Crippen molar-refractivity contribution in [3.8, 4) is 5.88 Å². The summed E-state index contributed by atoms with van der Waals surface area (Å²) in [5.41, 5.74) is 1.91. The summed E-state index contributed by atoms with van der Waals surface area (Å²) in [6, 6.07) is 12.4. The summed E-state index contributed by atoms with van der Waals surface area (Å²) < 4.78 is 18.3. The molecule has 1 aromatic carbocycles. The quantitative estimate of drug-likeness (QED) is 0.811. The van der Waals surface area contributed by atoms with Crippen LogP contribution in [0, 0.1) is 5.82 Å². The summed E-state index contributed by atoms with van der Waals surface area (Å²) in [6.45, 7) is 4.32. The number of rotatable bonds is 5. The fraction of sp³-hybridized carbons (Fsp3) is 0.400. The number of benzene rings is 1. The number of amides is 2. The highest BCUT2D eigenvalue weighted by Gasteiger charge is 2.40. The van der Waals surface area contributed by atoms with Gasteiger partial charge in [-0.15, -0.1) is 0 Å². The first-order valence-corrected chi connectivity index (χ1v) is 9.14. The lowest BCUT2D eigenvalue weighted by Crippen LogP contribution is -2.51. The summed E-state index contributed by atoms with van der Waals surface area (Å²) >= 11 is 0. The van der Waals surface area contributed by atoms with Crippen molar-refractivity contribution >= 4 is 6.03 Å². The minimum Gasteiger partial charge on any atom is -0.481 e. The number of halogens is 1.